The summed E-state index contributed by atoms with van der Waals surface area (Å²) < 4.78 is 5.17. The summed E-state index contributed by atoms with van der Waals surface area (Å²) in [5.74, 6) is 0.814. The smallest absolute Gasteiger partial charge is 0.244 e. The Bertz CT molecular complexity index is 615. The SMILES string of the molecule is Cc1noc(C)c1CN(C)C(=O)C(c1ccccc1)N(C)C. The highest BCUT2D eigenvalue weighted by Crippen LogP contribution is 2.22. The van der Waals surface area contributed by atoms with Gasteiger partial charge in [-0.15, -0.1) is 0 Å². The minimum absolute atomic E-state index is 0.0520. The van der Waals surface area contributed by atoms with E-state index in [1.807, 2.05) is 70.2 Å². The Morgan fingerprint density at radius 3 is 2.32 bits per heavy atom. The second kappa shape index (κ2) is 6.75. The minimum Gasteiger partial charge on any atom is -0.361 e. The molecule has 0 saturated heterocycles. The summed E-state index contributed by atoms with van der Waals surface area (Å²) in [4.78, 5) is 16.5. The van der Waals surface area contributed by atoms with Crippen molar-refractivity contribution in [3.63, 3.8) is 0 Å². The minimum atomic E-state index is -0.299. The lowest BCUT2D eigenvalue weighted by atomic mass is 10.0. The average molecular weight is 301 g/mol. The van der Waals surface area contributed by atoms with Crippen molar-refractivity contribution in [1.82, 2.24) is 15.0 Å². The van der Waals surface area contributed by atoms with E-state index in [1.165, 1.54) is 0 Å². The van der Waals surface area contributed by atoms with Crippen LogP contribution in [-0.4, -0.2) is 42.0 Å². The summed E-state index contributed by atoms with van der Waals surface area (Å²) in [5.41, 5.74) is 2.79. The van der Waals surface area contributed by atoms with Gasteiger partial charge in [-0.1, -0.05) is 35.5 Å². The van der Waals surface area contributed by atoms with Crippen molar-refractivity contribution in [2.45, 2.75) is 26.4 Å². The van der Waals surface area contributed by atoms with Crippen molar-refractivity contribution in [1.29, 1.82) is 0 Å². The number of nitrogens with zero attached hydrogens (tertiary/aromatic N) is 3. The van der Waals surface area contributed by atoms with Crippen LogP contribution >= 0.6 is 0 Å². The Morgan fingerprint density at radius 1 is 1.18 bits per heavy atom. The van der Waals surface area contributed by atoms with E-state index in [2.05, 4.69) is 5.16 Å². The molecule has 2 aromatic rings. The molecule has 1 aromatic heterocycles. The first-order chi connectivity index (χ1) is 10.4. The molecule has 5 heteroatoms. The van der Waals surface area contributed by atoms with Gasteiger partial charge in [0, 0.05) is 12.6 Å². The van der Waals surface area contributed by atoms with Crippen molar-refractivity contribution in [3.8, 4) is 0 Å². The van der Waals surface area contributed by atoms with Crippen molar-refractivity contribution in [2.75, 3.05) is 21.1 Å². The third kappa shape index (κ3) is 3.36. The molecule has 1 amide bonds. The van der Waals surface area contributed by atoms with E-state index in [4.69, 9.17) is 4.52 Å². The van der Waals surface area contributed by atoms with Crippen LogP contribution in [0.25, 0.3) is 0 Å². The molecule has 0 aliphatic carbocycles. The number of aryl methyl sites for hydroxylation is 2. The lowest BCUT2D eigenvalue weighted by Gasteiger charge is -2.28. The van der Waals surface area contributed by atoms with Gasteiger partial charge in [-0.25, -0.2) is 0 Å². The van der Waals surface area contributed by atoms with E-state index in [9.17, 15) is 4.79 Å². The zero-order valence-corrected chi connectivity index (χ0v) is 13.8. The van der Waals surface area contributed by atoms with E-state index in [0.717, 1.165) is 22.6 Å². The molecular weight excluding hydrogens is 278 g/mol. The molecule has 0 aliphatic heterocycles. The first-order valence-electron chi connectivity index (χ1n) is 7.30. The Balaban J connectivity index is 2.21. The molecule has 1 aromatic carbocycles. The number of likely N-dealkylation sites (N-methyl/N-ethyl adjacent to an activating group) is 2. The Labute approximate surface area is 131 Å². The van der Waals surface area contributed by atoms with Crippen LogP contribution in [0, 0.1) is 13.8 Å². The van der Waals surface area contributed by atoms with Gasteiger partial charge in [0.1, 0.15) is 11.8 Å². The molecular formula is C17H23N3O2. The summed E-state index contributed by atoms with van der Waals surface area (Å²) in [6, 6.07) is 9.51. The predicted molar refractivity (Wildman–Crippen MR) is 85.3 cm³/mol. The van der Waals surface area contributed by atoms with Crippen LogP contribution in [-0.2, 0) is 11.3 Å². The highest BCUT2D eigenvalue weighted by Gasteiger charge is 2.26. The zero-order chi connectivity index (χ0) is 16.3. The Morgan fingerprint density at radius 2 is 1.82 bits per heavy atom. The maximum absolute atomic E-state index is 12.9. The van der Waals surface area contributed by atoms with Gasteiger partial charge in [-0.2, -0.15) is 0 Å². The van der Waals surface area contributed by atoms with Gasteiger partial charge in [-0.3, -0.25) is 9.69 Å². The second-order valence-electron chi connectivity index (χ2n) is 5.77. The van der Waals surface area contributed by atoms with Gasteiger partial charge < -0.3 is 9.42 Å². The maximum atomic E-state index is 12.9. The number of hydrogen-bond donors (Lipinski definition) is 0. The largest absolute Gasteiger partial charge is 0.361 e. The standard InChI is InChI=1S/C17H23N3O2/c1-12-15(13(2)22-18-12)11-20(5)17(21)16(19(3)4)14-9-7-6-8-10-14/h6-10,16H,11H2,1-5H3. The fraction of sp³-hybridized carbons (Fsp3) is 0.412. The van der Waals surface area contributed by atoms with Crippen LogP contribution in [0.1, 0.15) is 28.6 Å². The van der Waals surface area contributed by atoms with Crippen molar-refractivity contribution in [2.24, 2.45) is 0 Å². The molecule has 118 valence electrons. The Hall–Kier alpha value is -2.14. The van der Waals surface area contributed by atoms with Gasteiger partial charge in [0.25, 0.3) is 0 Å². The summed E-state index contributed by atoms with van der Waals surface area (Å²) in [6.07, 6.45) is 0. The molecule has 0 N–H and O–H groups in total. The third-order valence-corrected chi connectivity index (χ3v) is 3.82. The summed E-state index contributed by atoms with van der Waals surface area (Å²) in [5, 5.41) is 3.94. The van der Waals surface area contributed by atoms with E-state index < -0.39 is 0 Å². The van der Waals surface area contributed by atoms with E-state index in [0.29, 0.717) is 6.54 Å². The van der Waals surface area contributed by atoms with Crippen LogP contribution in [0.4, 0.5) is 0 Å². The van der Waals surface area contributed by atoms with E-state index in [-0.39, 0.29) is 11.9 Å². The van der Waals surface area contributed by atoms with Crippen molar-refractivity contribution in [3.05, 3.63) is 52.9 Å². The fourth-order valence-corrected chi connectivity index (χ4v) is 2.55. The molecule has 0 spiro atoms. The lowest BCUT2D eigenvalue weighted by molar-refractivity contribution is -0.135. The third-order valence-electron chi connectivity index (χ3n) is 3.82. The number of carbonyl (C=O) groups is 1. The number of carbonyl (C=O) groups excluding carboxylic acids is 1. The molecule has 1 heterocycles. The van der Waals surface area contributed by atoms with Gasteiger partial charge in [-0.05, 0) is 33.5 Å². The van der Waals surface area contributed by atoms with Crippen LogP contribution in [0.3, 0.4) is 0 Å². The number of rotatable bonds is 5. The van der Waals surface area contributed by atoms with Gasteiger partial charge in [0.15, 0.2) is 0 Å². The number of aromatic nitrogens is 1. The van der Waals surface area contributed by atoms with E-state index >= 15 is 0 Å². The van der Waals surface area contributed by atoms with Crippen LogP contribution in [0.2, 0.25) is 0 Å². The summed E-state index contributed by atoms with van der Waals surface area (Å²) in [7, 11) is 5.65. The van der Waals surface area contributed by atoms with Crippen molar-refractivity contribution < 1.29 is 9.32 Å². The normalized spacial score (nSPS) is 12.5. The van der Waals surface area contributed by atoms with E-state index in [1.54, 1.807) is 4.90 Å². The molecule has 0 aliphatic rings. The molecule has 1 unspecified atom stereocenters. The Kier molecular flexibility index (Phi) is 4.98. The second-order valence-corrected chi connectivity index (χ2v) is 5.77. The average Bonchev–Trinajstić information content (AvgIpc) is 2.80. The molecule has 1 atom stereocenters. The maximum Gasteiger partial charge on any atom is 0.244 e. The zero-order valence-electron chi connectivity index (χ0n) is 13.8. The van der Waals surface area contributed by atoms with Crippen LogP contribution in [0.5, 0.6) is 0 Å². The molecule has 0 bridgehead atoms. The summed E-state index contributed by atoms with van der Waals surface area (Å²) in [6.45, 7) is 4.26. The first kappa shape index (κ1) is 16.2. The molecule has 0 saturated carbocycles. The molecule has 22 heavy (non-hydrogen) atoms. The topological polar surface area (TPSA) is 49.6 Å². The van der Waals surface area contributed by atoms with Gasteiger partial charge in [0.05, 0.1) is 12.2 Å². The van der Waals surface area contributed by atoms with Crippen molar-refractivity contribution >= 4 is 5.91 Å². The molecule has 2 rings (SSSR count). The highest BCUT2D eigenvalue weighted by atomic mass is 16.5. The van der Waals surface area contributed by atoms with Crippen LogP contribution < -0.4 is 0 Å². The van der Waals surface area contributed by atoms with Gasteiger partial charge >= 0.3 is 0 Å². The lowest BCUT2D eigenvalue weighted by Crippen LogP contribution is -2.38. The quantitative estimate of drug-likeness (QED) is 0.851. The monoisotopic (exact) mass is 301 g/mol. The fourth-order valence-electron chi connectivity index (χ4n) is 2.55. The molecule has 0 fully saturated rings. The molecule has 0 radical (unpaired) electrons. The highest BCUT2D eigenvalue weighted by molar-refractivity contribution is 5.83. The van der Waals surface area contributed by atoms with Gasteiger partial charge in [0.2, 0.25) is 5.91 Å². The predicted octanol–water partition coefficient (Wildman–Crippen LogP) is 2.55. The first-order valence-corrected chi connectivity index (χ1v) is 7.30. The summed E-state index contributed by atoms with van der Waals surface area (Å²) >= 11 is 0. The number of benzene rings is 1. The number of amides is 1. The molecule has 5 nitrogen and oxygen atoms in total. The van der Waals surface area contributed by atoms with Crippen LogP contribution in [0.15, 0.2) is 34.9 Å². The number of hydrogen-bond acceptors (Lipinski definition) is 4.